The van der Waals surface area contributed by atoms with E-state index in [0.29, 0.717) is 0 Å². The minimum absolute atomic E-state index is 0.000558. The highest BCUT2D eigenvalue weighted by Gasteiger charge is 2.21. The number of carbonyl (C=O) groups is 1. The van der Waals surface area contributed by atoms with Gasteiger partial charge in [-0.1, -0.05) is 6.92 Å². The van der Waals surface area contributed by atoms with E-state index in [-0.39, 0.29) is 12.1 Å². The number of nitrogens with zero attached hydrogens (tertiary/aromatic N) is 1. The Morgan fingerprint density at radius 3 is 2.58 bits per heavy atom. The van der Waals surface area contributed by atoms with E-state index in [9.17, 15) is 4.79 Å². The molecule has 5 heteroatoms. The van der Waals surface area contributed by atoms with Gasteiger partial charge in [0.15, 0.2) is 0 Å². The second kappa shape index (κ2) is 7.88. The molecule has 0 atom stereocenters. The number of nitrogens with one attached hydrogen (secondary N) is 1. The first kappa shape index (κ1) is 17.1. The number of amides is 2. The molecular formula is C19H28N2O3. The molecule has 0 aliphatic carbocycles. The smallest absolute Gasteiger partial charge is 0.321 e. The van der Waals surface area contributed by atoms with Gasteiger partial charge in [0, 0.05) is 31.6 Å². The van der Waals surface area contributed by atoms with Crippen molar-refractivity contribution in [2.75, 3.05) is 31.6 Å². The summed E-state index contributed by atoms with van der Waals surface area (Å²) < 4.78 is 11.4. The highest BCUT2D eigenvalue weighted by molar-refractivity contribution is 5.89. The number of benzene rings is 1. The molecule has 0 unspecified atom stereocenters. The molecule has 2 aliphatic rings. The highest BCUT2D eigenvalue weighted by atomic mass is 16.5. The van der Waals surface area contributed by atoms with Gasteiger partial charge in [0.1, 0.15) is 11.9 Å². The number of piperidine rings is 1. The van der Waals surface area contributed by atoms with Crippen LogP contribution in [0.1, 0.15) is 38.2 Å². The molecule has 2 aliphatic heterocycles. The summed E-state index contributed by atoms with van der Waals surface area (Å²) in [7, 11) is 0. The summed E-state index contributed by atoms with van der Waals surface area (Å²) in [6.45, 7) is 7.50. The van der Waals surface area contributed by atoms with Crippen LogP contribution in [0.15, 0.2) is 18.2 Å². The van der Waals surface area contributed by atoms with Crippen molar-refractivity contribution in [3.8, 4) is 5.75 Å². The molecule has 0 aromatic heterocycles. The van der Waals surface area contributed by atoms with Gasteiger partial charge >= 0.3 is 6.03 Å². The van der Waals surface area contributed by atoms with Crippen molar-refractivity contribution in [1.82, 2.24) is 4.90 Å². The topological polar surface area (TPSA) is 50.8 Å². The van der Waals surface area contributed by atoms with Gasteiger partial charge in [-0.25, -0.2) is 4.79 Å². The van der Waals surface area contributed by atoms with Crippen molar-refractivity contribution in [2.24, 2.45) is 5.92 Å². The third-order valence-electron chi connectivity index (χ3n) is 4.96. The maximum absolute atomic E-state index is 12.4. The van der Waals surface area contributed by atoms with Gasteiger partial charge in [-0.15, -0.1) is 0 Å². The Hall–Kier alpha value is -1.75. The van der Waals surface area contributed by atoms with Crippen LogP contribution in [-0.4, -0.2) is 43.3 Å². The molecule has 0 radical (unpaired) electrons. The van der Waals surface area contributed by atoms with Crippen LogP contribution in [0.5, 0.6) is 5.75 Å². The van der Waals surface area contributed by atoms with Crippen LogP contribution < -0.4 is 10.1 Å². The molecule has 1 aromatic carbocycles. The van der Waals surface area contributed by atoms with Crippen LogP contribution in [0, 0.1) is 12.8 Å². The van der Waals surface area contributed by atoms with Gasteiger partial charge in [-0.05, 0) is 49.4 Å². The van der Waals surface area contributed by atoms with E-state index in [0.717, 1.165) is 74.9 Å². The van der Waals surface area contributed by atoms with E-state index >= 15 is 0 Å². The van der Waals surface area contributed by atoms with Crippen LogP contribution in [0.4, 0.5) is 10.5 Å². The lowest BCUT2D eigenvalue weighted by Crippen LogP contribution is -2.40. The van der Waals surface area contributed by atoms with Gasteiger partial charge in [0.05, 0.1) is 13.2 Å². The van der Waals surface area contributed by atoms with E-state index in [1.807, 2.05) is 30.0 Å². The largest absolute Gasteiger partial charge is 0.490 e. The Labute approximate surface area is 144 Å². The molecule has 0 saturated carbocycles. The lowest BCUT2D eigenvalue weighted by atomic mass is 10.00. The number of likely N-dealkylation sites (tertiary alicyclic amines) is 1. The van der Waals surface area contributed by atoms with Crippen LogP contribution in [0.25, 0.3) is 0 Å². The number of ether oxygens (including phenoxy) is 2. The monoisotopic (exact) mass is 332 g/mol. The molecular weight excluding hydrogens is 304 g/mol. The van der Waals surface area contributed by atoms with Gasteiger partial charge in [-0.3, -0.25) is 0 Å². The molecule has 1 aromatic rings. The molecule has 2 saturated heterocycles. The molecule has 132 valence electrons. The van der Waals surface area contributed by atoms with Gasteiger partial charge in [0.2, 0.25) is 0 Å². The molecule has 0 bridgehead atoms. The SMILES string of the molecule is Cc1cc(NC(=O)N2CCC(C)CC2)ccc1OC1CCOCC1. The highest BCUT2D eigenvalue weighted by Crippen LogP contribution is 2.25. The minimum Gasteiger partial charge on any atom is -0.490 e. The third-order valence-corrected chi connectivity index (χ3v) is 4.96. The van der Waals surface area contributed by atoms with Crippen molar-refractivity contribution in [3.63, 3.8) is 0 Å². The van der Waals surface area contributed by atoms with Crippen molar-refractivity contribution < 1.29 is 14.3 Å². The summed E-state index contributed by atoms with van der Waals surface area (Å²) in [6, 6.07) is 5.86. The normalized spacial score (nSPS) is 20.0. The average Bonchev–Trinajstić information content (AvgIpc) is 2.59. The summed E-state index contributed by atoms with van der Waals surface area (Å²) in [5.41, 5.74) is 1.88. The Kier molecular flexibility index (Phi) is 5.61. The van der Waals surface area contributed by atoms with Crippen molar-refractivity contribution in [1.29, 1.82) is 0 Å². The van der Waals surface area contributed by atoms with Crippen molar-refractivity contribution in [3.05, 3.63) is 23.8 Å². The van der Waals surface area contributed by atoms with Crippen LogP contribution in [0.2, 0.25) is 0 Å². The van der Waals surface area contributed by atoms with E-state index in [2.05, 4.69) is 12.2 Å². The zero-order chi connectivity index (χ0) is 16.9. The molecule has 2 heterocycles. The maximum atomic E-state index is 12.4. The molecule has 1 N–H and O–H groups in total. The first-order valence-electron chi connectivity index (χ1n) is 9.03. The predicted octanol–water partition coefficient (Wildman–Crippen LogP) is 3.82. The Morgan fingerprint density at radius 1 is 1.21 bits per heavy atom. The fourth-order valence-corrected chi connectivity index (χ4v) is 3.25. The number of aryl methyl sites for hydroxylation is 1. The molecule has 3 rings (SSSR count). The molecule has 2 fully saturated rings. The Balaban J connectivity index is 1.56. The zero-order valence-electron chi connectivity index (χ0n) is 14.7. The summed E-state index contributed by atoms with van der Waals surface area (Å²) in [6.07, 6.45) is 4.28. The molecule has 2 amide bonds. The number of hydrogen-bond donors (Lipinski definition) is 1. The first-order chi connectivity index (χ1) is 11.6. The van der Waals surface area contributed by atoms with E-state index in [4.69, 9.17) is 9.47 Å². The summed E-state index contributed by atoms with van der Waals surface area (Å²) in [5.74, 6) is 1.62. The average molecular weight is 332 g/mol. The van der Waals surface area contributed by atoms with Crippen molar-refractivity contribution >= 4 is 11.7 Å². The number of anilines is 1. The Morgan fingerprint density at radius 2 is 1.92 bits per heavy atom. The number of carbonyl (C=O) groups excluding carboxylic acids is 1. The molecule has 0 spiro atoms. The van der Waals surface area contributed by atoms with Crippen LogP contribution in [0.3, 0.4) is 0 Å². The van der Waals surface area contributed by atoms with E-state index < -0.39 is 0 Å². The first-order valence-corrected chi connectivity index (χ1v) is 9.03. The number of rotatable bonds is 3. The molecule has 24 heavy (non-hydrogen) atoms. The van der Waals surface area contributed by atoms with E-state index in [1.54, 1.807) is 0 Å². The second-order valence-electron chi connectivity index (χ2n) is 7.01. The standard InChI is InChI=1S/C19H28N2O3/c1-14-5-9-21(10-6-14)19(22)20-16-3-4-18(15(2)13-16)24-17-7-11-23-12-8-17/h3-4,13-14,17H,5-12H2,1-2H3,(H,20,22). The van der Waals surface area contributed by atoms with Crippen LogP contribution in [-0.2, 0) is 4.74 Å². The third kappa shape index (κ3) is 4.41. The lowest BCUT2D eigenvalue weighted by molar-refractivity contribution is 0.0253. The quantitative estimate of drug-likeness (QED) is 0.915. The van der Waals surface area contributed by atoms with Gasteiger partial charge in [0.25, 0.3) is 0 Å². The Bertz CT molecular complexity index is 562. The van der Waals surface area contributed by atoms with Crippen LogP contribution >= 0.6 is 0 Å². The zero-order valence-corrected chi connectivity index (χ0v) is 14.7. The number of urea groups is 1. The maximum Gasteiger partial charge on any atom is 0.321 e. The second-order valence-corrected chi connectivity index (χ2v) is 7.01. The summed E-state index contributed by atoms with van der Waals surface area (Å²) >= 11 is 0. The minimum atomic E-state index is -0.000558. The molecule has 5 nitrogen and oxygen atoms in total. The fraction of sp³-hybridized carbons (Fsp3) is 0.632. The van der Waals surface area contributed by atoms with Crippen molar-refractivity contribution in [2.45, 2.75) is 45.6 Å². The van der Waals surface area contributed by atoms with Gasteiger partial charge in [-0.2, -0.15) is 0 Å². The summed E-state index contributed by atoms with van der Waals surface area (Å²) in [5, 5.41) is 3.01. The summed E-state index contributed by atoms with van der Waals surface area (Å²) in [4.78, 5) is 14.3. The fourth-order valence-electron chi connectivity index (χ4n) is 3.25. The van der Waals surface area contributed by atoms with E-state index in [1.165, 1.54) is 0 Å². The number of hydrogen-bond acceptors (Lipinski definition) is 3. The lowest BCUT2D eigenvalue weighted by Gasteiger charge is -2.30. The van der Waals surface area contributed by atoms with Gasteiger partial charge < -0.3 is 19.7 Å². The predicted molar refractivity (Wildman–Crippen MR) is 94.6 cm³/mol.